The molecule has 0 radical (unpaired) electrons. The zero-order chi connectivity index (χ0) is 18.9. The van der Waals surface area contributed by atoms with Gasteiger partial charge in [-0.05, 0) is 50.1 Å². The Hall–Kier alpha value is -1.65. The van der Waals surface area contributed by atoms with Crippen molar-refractivity contribution >= 4 is 15.9 Å². The van der Waals surface area contributed by atoms with Gasteiger partial charge in [-0.2, -0.15) is 17.5 Å². The van der Waals surface area contributed by atoms with Crippen LogP contribution in [0.3, 0.4) is 0 Å². The highest BCUT2D eigenvalue weighted by atomic mass is 32.2. The van der Waals surface area contributed by atoms with E-state index < -0.39 is 28.7 Å². The largest absolute Gasteiger partial charge is 0.405 e. The Morgan fingerprint density at radius 2 is 1.81 bits per heavy atom. The second-order valence-electron chi connectivity index (χ2n) is 6.53. The van der Waals surface area contributed by atoms with Crippen molar-refractivity contribution in [2.75, 3.05) is 19.6 Å². The Kier molecular flexibility index (Phi) is 5.27. The SMILES string of the molecule is O=C(NCC(F)(F)F)c1ccc(S(=O)(=O)N2C3CCNCC2CC3)cc1. The van der Waals surface area contributed by atoms with Crippen LogP contribution < -0.4 is 10.6 Å². The van der Waals surface area contributed by atoms with Crippen LogP contribution in [0, 0.1) is 0 Å². The van der Waals surface area contributed by atoms with Crippen LogP contribution in [-0.4, -0.2) is 56.5 Å². The van der Waals surface area contributed by atoms with Crippen LogP contribution in [0.5, 0.6) is 0 Å². The first-order valence-electron chi connectivity index (χ1n) is 8.38. The van der Waals surface area contributed by atoms with Gasteiger partial charge in [0.25, 0.3) is 5.91 Å². The second kappa shape index (κ2) is 7.16. The van der Waals surface area contributed by atoms with Gasteiger partial charge < -0.3 is 10.6 Å². The fourth-order valence-corrected chi connectivity index (χ4v) is 5.41. The topological polar surface area (TPSA) is 78.5 Å². The van der Waals surface area contributed by atoms with Gasteiger partial charge in [-0.3, -0.25) is 4.79 Å². The number of benzene rings is 1. The normalized spacial score (nSPS) is 24.3. The number of sulfonamides is 1. The minimum absolute atomic E-state index is 0.0197. The van der Waals surface area contributed by atoms with Gasteiger partial charge in [0.2, 0.25) is 10.0 Å². The fourth-order valence-electron chi connectivity index (χ4n) is 3.51. The molecule has 2 aliphatic heterocycles. The molecule has 1 amide bonds. The first kappa shape index (κ1) is 19.1. The second-order valence-corrected chi connectivity index (χ2v) is 8.38. The van der Waals surface area contributed by atoms with Crippen LogP contribution in [0.15, 0.2) is 29.2 Å². The molecule has 2 N–H and O–H groups in total. The van der Waals surface area contributed by atoms with E-state index in [4.69, 9.17) is 0 Å². The Morgan fingerprint density at radius 1 is 1.15 bits per heavy atom. The lowest BCUT2D eigenvalue weighted by atomic mass is 10.1. The maximum atomic E-state index is 13.0. The number of carbonyl (C=O) groups excluding carboxylic acids is 1. The zero-order valence-electron chi connectivity index (χ0n) is 13.9. The van der Waals surface area contributed by atoms with Crippen LogP contribution in [0.25, 0.3) is 0 Å². The lowest BCUT2D eigenvalue weighted by Crippen LogP contribution is -2.42. The van der Waals surface area contributed by atoms with Gasteiger partial charge in [-0.1, -0.05) is 0 Å². The van der Waals surface area contributed by atoms with Crippen LogP contribution in [-0.2, 0) is 10.0 Å². The molecule has 2 saturated heterocycles. The van der Waals surface area contributed by atoms with Crippen LogP contribution in [0.2, 0.25) is 0 Å². The number of amides is 1. The maximum absolute atomic E-state index is 13.0. The van der Waals surface area contributed by atoms with Gasteiger partial charge in [-0.25, -0.2) is 8.42 Å². The molecule has 2 atom stereocenters. The van der Waals surface area contributed by atoms with Crippen molar-refractivity contribution in [1.29, 1.82) is 0 Å². The van der Waals surface area contributed by atoms with Crippen molar-refractivity contribution in [2.45, 2.75) is 42.4 Å². The highest BCUT2D eigenvalue weighted by Gasteiger charge is 2.43. The van der Waals surface area contributed by atoms with Crippen molar-refractivity contribution in [2.24, 2.45) is 0 Å². The number of nitrogens with one attached hydrogen (secondary N) is 2. The van der Waals surface area contributed by atoms with Crippen molar-refractivity contribution < 1.29 is 26.4 Å². The van der Waals surface area contributed by atoms with Gasteiger partial charge in [0.05, 0.1) is 4.90 Å². The summed E-state index contributed by atoms with van der Waals surface area (Å²) in [7, 11) is -3.72. The van der Waals surface area contributed by atoms with E-state index in [1.54, 1.807) is 9.62 Å². The van der Waals surface area contributed by atoms with Crippen molar-refractivity contribution in [3.63, 3.8) is 0 Å². The molecule has 1 aromatic rings. The molecule has 0 aromatic heterocycles. The van der Waals surface area contributed by atoms with E-state index >= 15 is 0 Å². The van der Waals surface area contributed by atoms with Crippen molar-refractivity contribution in [1.82, 2.24) is 14.9 Å². The molecule has 2 fully saturated rings. The standard InChI is InChI=1S/C16H20F3N3O3S/c17-16(18,19)10-21-15(23)11-1-5-14(6-2-11)26(24,25)22-12-3-4-13(22)9-20-8-7-12/h1-2,5-6,12-13,20H,3-4,7-10H2,(H,21,23). The molecule has 2 bridgehead atoms. The van der Waals surface area contributed by atoms with E-state index in [2.05, 4.69) is 5.32 Å². The van der Waals surface area contributed by atoms with E-state index in [0.717, 1.165) is 25.8 Å². The number of hydrogen-bond donors (Lipinski definition) is 2. The monoisotopic (exact) mass is 391 g/mol. The van der Waals surface area contributed by atoms with Crippen molar-refractivity contribution in [3.8, 4) is 0 Å². The summed E-state index contributed by atoms with van der Waals surface area (Å²) >= 11 is 0. The molecule has 0 spiro atoms. The summed E-state index contributed by atoms with van der Waals surface area (Å²) in [5.41, 5.74) is -0.0197. The molecule has 26 heavy (non-hydrogen) atoms. The Balaban J connectivity index is 1.76. The molecule has 2 unspecified atom stereocenters. The number of nitrogens with zero attached hydrogens (tertiary/aromatic N) is 1. The quantitative estimate of drug-likeness (QED) is 0.815. The summed E-state index contributed by atoms with van der Waals surface area (Å²) in [6.45, 7) is -0.0603. The number of alkyl halides is 3. The molecule has 3 rings (SSSR count). The Morgan fingerprint density at radius 3 is 2.46 bits per heavy atom. The summed E-state index contributed by atoms with van der Waals surface area (Å²) in [6, 6.07) is 4.87. The highest BCUT2D eigenvalue weighted by Crippen LogP contribution is 2.33. The van der Waals surface area contributed by atoms with Crippen LogP contribution in [0.4, 0.5) is 13.2 Å². The third-order valence-corrected chi connectivity index (χ3v) is 6.75. The van der Waals surface area contributed by atoms with Gasteiger partial charge >= 0.3 is 6.18 Å². The summed E-state index contributed by atoms with van der Waals surface area (Å²) in [4.78, 5) is 11.8. The predicted molar refractivity (Wildman–Crippen MR) is 88.2 cm³/mol. The van der Waals surface area contributed by atoms with Crippen LogP contribution >= 0.6 is 0 Å². The third kappa shape index (κ3) is 4.02. The van der Waals surface area contributed by atoms with Crippen molar-refractivity contribution in [3.05, 3.63) is 29.8 Å². The van der Waals surface area contributed by atoms with Gasteiger partial charge in [-0.15, -0.1) is 0 Å². The average molecular weight is 391 g/mol. The molecular formula is C16H20F3N3O3S. The highest BCUT2D eigenvalue weighted by molar-refractivity contribution is 7.89. The number of fused-ring (bicyclic) bond motifs is 2. The summed E-state index contributed by atoms with van der Waals surface area (Å²) in [5, 5.41) is 4.99. The van der Waals surface area contributed by atoms with E-state index in [9.17, 15) is 26.4 Å². The molecule has 0 aliphatic carbocycles. The lowest BCUT2D eigenvalue weighted by Gasteiger charge is -2.26. The number of carbonyl (C=O) groups is 1. The van der Waals surface area contributed by atoms with E-state index in [1.807, 2.05) is 0 Å². The molecule has 6 nitrogen and oxygen atoms in total. The Bertz CT molecular complexity index is 751. The molecule has 1 aromatic carbocycles. The maximum Gasteiger partial charge on any atom is 0.405 e. The molecule has 2 heterocycles. The minimum atomic E-state index is -4.50. The molecule has 144 valence electrons. The summed E-state index contributed by atoms with van der Waals surface area (Å²) in [5.74, 6) is -0.898. The average Bonchev–Trinajstić information content (AvgIpc) is 2.85. The van der Waals surface area contributed by atoms with Gasteiger partial charge in [0.1, 0.15) is 6.54 Å². The first-order valence-corrected chi connectivity index (χ1v) is 9.82. The third-order valence-electron chi connectivity index (χ3n) is 4.73. The van der Waals surface area contributed by atoms with E-state index in [0.29, 0.717) is 6.54 Å². The lowest BCUT2D eigenvalue weighted by molar-refractivity contribution is -0.123. The number of halogens is 3. The minimum Gasteiger partial charge on any atom is -0.343 e. The molecule has 10 heteroatoms. The van der Waals surface area contributed by atoms with Gasteiger partial charge in [0, 0.05) is 24.2 Å². The van der Waals surface area contributed by atoms with Gasteiger partial charge in [0.15, 0.2) is 0 Å². The fraction of sp³-hybridized carbons (Fsp3) is 0.562. The van der Waals surface area contributed by atoms with E-state index in [-0.39, 0.29) is 22.5 Å². The van der Waals surface area contributed by atoms with E-state index in [1.165, 1.54) is 24.3 Å². The summed E-state index contributed by atoms with van der Waals surface area (Å²) in [6.07, 6.45) is -2.13. The first-order chi connectivity index (χ1) is 12.2. The van der Waals surface area contributed by atoms with Crippen LogP contribution in [0.1, 0.15) is 29.6 Å². The molecule has 0 saturated carbocycles. The smallest absolute Gasteiger partial charge is 0.343 e. The number of hydrogen-bond acceptors (Lipinski definition) is 4. The Labute approximate surface area is 149 Å². The zero-order valence-corrected chi connectivity index (χ0v) is 14.7. The number of rotatable bonds is 4. The summed E-state index contributed by atoms with van der Waals surface area (Å²) < 4.78 is 64.0. The predicted octanol–water partition coefficient (Wildman–Crippen LogP) is 1.49. The molecule has 2 aliphatic rings. The molecular weight excluding hydrogens is 371 g/mol.